The molecule has 0 radical (unpaired) electrons. The summed E-state index contributed by atoms with van der Waals surface area (Å²) in [5, 5.41) is 3.18. The second kappa shape index (κ2) is 4.55. The van der Waals surface area contributed by atoms with Crippen molar-refractivity contribution in [1.29, 1.82) is 0 Å². The summed E-state index contributed by atoms with van der Waals surface area (Å²) >= 11 is 0. The highest BCUT2D eigenvalue weighted by molar-refractivity contribution is 5.77. The van der Waals surface area contributed by atoms with Crippen LogP contribution < -0.4 is 5.32 Å². The van der Waals surface area contributed by atoms with E-state index in [2.05, 4.69) is 25.9 Å². The Balaban J connectivity index is 1.96. The predicted octanol–water partition coefficient (Wildman–Crippen LogP) is 3.04. The van der Waals surface area contributed by atoms with Crippen molar-refractivity contribution in [2.75, 3.05) is 12.4 Å². The first-order valence-electron chi connectivity index (χ1n) is 7.26. The van der Waals surface area contributed by atoms with E-state index in [0.29, 0.717) is 5.92 Å². The van der Waals surface area contributed by atoms with Gasteiger partial charge in [-0.15, -0.1) is 0 Å². The SMILES string of the molecule is CNc1nc(C2CC2)nc(-n2cnc3ccccc32)c1C. The third kappa shape index (κ3) is 1.96. The summed E-state index contributed by atoms with van der Waals surface area (Å²) in [5.41, 5.74) is 3.10. The van der Waals surface area contributed by atoms with Gasteiger partial charge < -0.3 is 5.32 Å². The van der Waals surface area contributed by atoms with Gasteiger partial charge in [0.1, 0.15) is 23.8 Å². The Morgan fingerprint density at radius 2 is 2.00 bits per heavy atom. The van der Waals surface area contributed by atoms with Crippen LogP contribution in [0.5, 0.6) is 0 Å². The molecule has 1 aliphatic carbocycles. The number of benzene rings is 1. The molecule has 1 fully saturated rings. The third-order valence-electron chi connectivity index (χ3n) is 4.00. The van der Waals surface area contributed by atoms with E-state index < -0.39 is 0 Å². The van der Waals surface area contributed by atoms with Gasteiger partial charge in [-0.3, -0.25) is 4.57 Å². The average Bonchev–Trinajstić information content (AvgIpc) is 3.27. The van der Waals surface area contributed by atoms with E-state index in [1.165, 1.54) is 12.8 Å². The molecule has 0 aliphatic heterocycles. The zero-order valence-electron chi connectivity index (χ0n) is 12.2. The number of nitrogens with zero attached hydrogens (tertiary/aromatic N) is 4. The molecule has 4 rings (SSSR count). The van der Waals surface area contributed by atoms with Gasteiger partial charge in [-0.25, -0.2) is 15.0 Å². The van der Waals surface area contributed by atoms with Crippen LogP contribution in [0.2, 0.25) is 0 Å². The van der Waals surface area contributed by atoms with Gasteiger partial charge in [-0.1, -0.05) is 12.1 Å². The molecule has 2 heterocycles. The van der Waals surface area contributed by atoms with Crippen LogP contribution in [-0.4, -0.2) is 26.6 Å². The monoisotopic (exact) mass is 279 g/mol. The fourth-order valence-corrected chi connectivity index (χ4v) is 2.65. The van der Waals surface area contributed by atoms with E-state index in [9.17, 15) is 0 Å². The van der Waals surface area contributed by atoms with Gasteiger partial charge in [-0.2, -0.15) is 0 Å². The second-order valence-corrected chi connectivity index (χ2v) is 5.51. The number of hydrogen-bond acceptors (Lipinski definition) is 4. The van der Waals surface area contributed by atoms with E-state index in [1.54, 1.807) is 0 Å². The van der Waals surface area contributed by atoms with Gasteiger partial charge in [0.25, 0.3) is 0 Å². The summed E-state index contributed by atoms with van der Waals surface area (Å²) in [4.78, 5) is 13.9. The molecule has 1 saturated carbocycles. The van der Waals surface area contributed by atoms with Gasteiger partial charge >= 0.3 is 0 Å². The first-order chi connectivity index (χ1) is 10.3. The maximum atomic E-state index is 4.81. The molecule has 1 aliphatic rings. The van der Waals surface area contributed by atoms with E-state index in [1.807, 2.05) is 38.5 Å². The highest BCUT2D eigenvalue weighted by Gasteiger charge is 2.28. The smallest absolute Gasteiger partial charge is 0.147 e. The summed E-state index contributed by atoms with van der Waals surface area (Å²) < 4.78 is 2.05. The summed E-state index contributed by atoms with van der Waals surface area (Å²) in [6.45, 7) is 2.05. The minimum Gasteiger partial charge on any atom is -0.373 e. The van der Waals surface area contributed by atoms with Gasteiger partial charge in [0.05, 0.1) is 11.0 Å². The highest BCUT2D eigenvalue weighted by Crippen LogP contribution is 2.39. The molecule has 1 aromatic carbocycles. The lowest BCUT2D eigenvalue weighted by molar-refractivity contribution is 0.877. The van der Waals surface area contributed by atoms with Crippen molar-refractivity contribution in [2.45, 2.75) is 25.7 Å². The minimum atomic E-state index is 0.520. The Morgan fingerprint density at radius 1 is 1.19 bits per heavy atom. The van der Waals surface area contributed by atoms with Crippen LogP contribution in [0, 0.1) is 6.92 Å². The van der Waals surface area contributed by atoms with Crippen LogP contribution in [0.4, 0.5) is 5.82 Å². The molecule has 0 saturated heterocycles. The fraction of sp³-hybridized carbons (Fsp3) is 0.312. The Morgan fingerprint density at radius 3 is 2.76 bits per heavy atom. The highest BCUT2D eigenvalue weighted by atomic mass is 15.2. The number of anilines is 1. The largest absolute Gasteiger partial charge is 0.373 e. The van der Waals surface area contributed by atoms with Crippen LogP contribution in [-0.2, 0) is 0 Å². The summed E-state index contributed by atoms with van der Waals surface area (Å²) in [7, 11) is 1.90. The number of aromatic nitrogens is 4. The molecule has 0 amide bonds. The van der Waals surface area contributed by atoms with Crippen molar-refractivity contribution in [3.05, 3.63) is 42.0 Å². The van der Waals surface area contributed by atoms with Crippen LogP contribution in [0.3, 0.4) is 0 Å². The zero-order chi connectivity index (χ0) is 14.4. The van der Waals surface area contributed by atoms with Crippen LogP contribution >= 0.6 is 0 Å². The van der Waals surface area contributed by atoms with Crippen LogP contribution in [0.1, 0.15) is 30.1 Å². The first kappa shape index (κ1) is 12.3. The standard InChI is InChI=1S/C16H17N5/c1-10-14(17-2)19-15(11-7-8-11)20-16(10)21-9-18-12-5-3-4-6-13(12)21/h3-6,9,11H,7-8H2,1-2H3,(H,17,19,20). The van der Waals surface area contributed by atoms with Crippen molar-refractivity contribution >= 4 is 16.9 Å². The lowest BCUT2D eigenvalue weighted by Gasteiger charge is -2.13. The Labute approximate surface area is 123 Å². The zero-order valence-corrected chi connectivity index (χ0v) is 12.2. The molecular weight excluding hydrogens is 262 g/mol. The molecule has 3 aromatic rings. The number of imidazole rings is 1. The number of para-hydroxylation sites is 2. The molecule has 21 heavy (non-hydrogen) atoms. The normalized spacial score (nSPS) is 14.6. The second-order valence-electron chi connectivity index (χ2n) is 5.51. The molecule has 2 aromatic heterocycles. The molecule has 1 N–H and O–H groups in total. The number of hydrogen-bond donors (Lipinski definition) is 1. The Hall–Kier alpha value is -2.43. The molecule has 5 nitrogen and oxygen atoms in total. The van der Waals surface area contributed by atoms with E-state index in [0.717, 1.165) is 34.1 Å². The van der Waals surface area contributed by atoms with Crippen molar-refractivity contribution < 1.29 is 0 Å². The van der Waals surface area contributed by atoms with E-state index in [4.69, 9.17) is 4.98 Å². The third-order valence-corrected chi connectivity index (χ3v) is 4.00. The van der Waals surface area contributed by atoms with Gasteiger partial charge in [0.2, 0.25) is 0 Å². The topological polar surface area (TPSA) is 55.6 Å². The van der Waals surface area contributed by atoms with Crippen LogP contribution in [0.15, 0.2) is 30.6 Å². The van der Waals surface area contributed by atoms with E-state index >= 15 is 0 Å². The van der Waals surface area contributed by atoms with Crippen LogP contribution in [0.25, 0.3) is 16.9 Å². The summed E-state index contributed by atoms with van der Waals surface area (Å²) in [6.07, 6.45) is 4.22. The Bertz CT molecular complexity index is 817. The molecule has 5 heteroatoms. The van der Waals surface area contributed by atoms with Gasteiger partial charge in [0, 0.05) is 18.5 Å². The van der Waals surface area contributed by atoms with E-state index in [-0.39, 0.29) is 0 Å². The number of rotatable bonds is 3. The van der Waals surface area contributed by atoms with Gasteiger partial charge in [-0.05, 0) is 31.9 Å². The summed E-state index contributed by atoms with van der Waals surface area (Å²) in [6, 6.07) is 8.11. The molecular formula is C16H17N5. The summed E-state index contributed by atoms with van der Waals surface area (Å²) in [5.74, 6) is 3.29. The molecule has 0 atom stereocenters. The maximum Gasteiger partial charge on any atom is 0.147 e. The first-order valence-corrected chi connectivity index (χ1v) is 7.26. The lowest BCUT2D eigenvalue weighted by atomic mass is 10.2. The number of nitrogens with one attached hydrogen (secondary N) is 1. The lowest BCUT2D eigenvalue weighted by Crippen LogP contribution is -2.08. The molecule has 0 spiro atoms. The van der Waals surface area contributed by atoms with Crippen molar-refractivity contribution in [3.8, 4) is 5.82 Å². The average molecular weight is 279 g/mol. The minimum absolute atomic E-state index is 0.520. The number of fused-ring (bicyclic) bond motifs is 1. The quantitative estimate of drug-likeness (QED) is 0.800. The fourth-order valence-electron chi connectivity index (χ4n) is 2.65. The van der Waals surface area contributed by atoms with Crippen molar-refractivity contribution in [2.24, 2.45) is 0 Å². The molecule has 0 bridgehead atoms. The maximum absolute atomic E-state index is 4.81. The van der Waals surface area contributed by atoms with Crippen molar-refractivity contribution in [1.82, 2.24) is 19.5 Å². The van der Waals surface area contributed by atoms with Gasteiger partial charge in [0.15, 0.2) is 0 Å². The Kier molecular flexibility index (Phi) is 2.67. The van der Waals surface area contributed by atoms with Crippen molar-refractivity contribution in [3.63, 3.8) is 0 Å². The predicted molar refractivity (Wildman–Crippen MR) is 82.9 cm³/mol. The molecule has 0 unspecified atom stereocenters. The molecule has 106 valence electrons.